The Hall–Kier alpha value is 0.570. The minimum Gasteiger partial charge on any atom is -0.209 e. The Labute approximate surface area is 80.5 Å². The first kappa shape index (κ1) is 12.6. The van der Waals surface area contributed by atoms with Crippen LogP contribution < -0.4 is 0 Å². The first-order chi connectivity index (χ1) is 4.96. The smallest absolute Gasteiger partial charge is 0.209 e. The number of rotatable bonds is 1. The first-order valence-electron chi connectivity index (χ1n) is 2.04. The van der Waals surface area contributed by atoms with Crippen LogP contribution in [0.15, 0.2) is 0 Å². The summed E-state index contributed by atoms with van der Waals surface area (Å²) in [5.41, 5.74) is -5.60. The Balaban J connectivity index is 4.70. The van der Waals surface area contributed by atoms with Gasteiger partial charge in [0.1, 0.15) is 0 Å². The van der Waals surface area contributed by atoms with Gasteiger partial charge in [-0.25, -0.2) is 4.18 Å². The molecular weight excluding hydrogens is 267 g/mol. The fourth-order valence-electron chi connectivity index (χ4n) is 0.172. The molecule has 0 aliphatic heterocycles. The van der Waals surface area contributed by atoms with Crippen molar-refractivity contribution in [3.05, 3.63) is 0 Å². The van der Waals surface area contributed by atoms with E-state index in [0.717, 1.165) is 0 Å². The van der Waals surface area contributed by atoms with Crippen molar-refractivity contribution in [1.82, 2.24) is 0 Å². The van der Waals surface area contributed by atoms with Crippen molar-refractivity contribution >= 4 is 44.9 Å². The van der Waals surface area contributed by atoms with Crippen LogP contribution in [0.5, 0.6) is 0 Å². The van der Waals surface area contributed by atoms with Gasteiger partial charge in [-0.3, -0.25) is 0 Å². The Morgan fingerprint density at radius 2 is 1.42 bits per heavy atom. The predicted octanol–water partition coefficient (Wildman–Crippen LogP) is 2.18. The van der Waals surface area contributed by atoms with Gasteiger partial charge < -0.3 is 0 Å². The Morgan fingerprint density at radius 3 is 1.50 bits per heavy atom. The van der Waals surface area contributed by atoms with Gasteiger partial charge in [-0.2, -0.15) is 21.6 Å². The highest BCUT2D eigenvalue weighted by molar-refractivity contribution is 7.87. The maximum absolute atomic E-state index is 11.5. The zero-order chi connectivity index (χ0) is 10.2. The zero-order valence-corrected chi connectivity index (χ0v) is 7.99. The van der Waals surface area contributed by atoms with E-state index in [9.17, 15) is 21.6 Å². The third-order valence-electron chi connectivity index (χ3n) is 0.488. The lowest BCUT2D eigenvalue weighted by Gasteiger charge is -2.13. The molecule has 0 rings (SSSR count). The van der Waals surface area contributed by atoms with E-state index in [0.29, 0.717) is 0 Å². The third-order valence-corrected chi connectivity index (χ3v) is 2.03. The molecule has 0 unspecified atom stereocenters. The number of alkyl halides is 6. The van der Waals surface area contributed by atoms with Crippen LogP contribution in [0.25, 0.3) is 0 Å². The number of halogens is 6. The summed E-state index contributed by atoms with van der Waals surface area (Å²) < 4.78 is 54.7. The molecule has 0 saturated heterocycles. The largest absolute Gasteiger partial charge is 0.523 e. The van der Waals surface area contributed by atoms with Crippen LogP contribution in [0, 0.1) is 0 Å². The summed E-state index contributed by atoms with van der Waals surface area (Å²) in [5, 5.41) is 0. The second-order valence-corrected chi connectivity index (χ2v) is 5.14. The summed E-state index contributed by atoms with van der Waals surface area (Å²) in [6.07, 6.45) is 0. The Morgan fingerprint density at radius 1 is 1.08 bits per heavy atom. The molecule has 0 fully saturated rings. The van der Waals surface area contributed by atoms with E-state index in [1.807, 2.05) is 0 Å². The van der Waals surface area contributed by atoms with Crippen LogP contribution in [0.3, 0.4) is 0 Å². The van der Waals surface area contributed by atoms with Gasteiger partial charge in [-0.15, -0.1) is 0 Å². The van der Waals surface area contributed by atoms with E-state index in [2.05, 4.69) is 39.0 Å². The summed E-state index contributed by atoms with van der Waals surface area (Å²) in [5.74, 6) is 0. The van der Waals surface area contributed by atoms with Crippen molar-refractivity contribution in [3.8, 4) is 0 Å². The normalized spacial score (nSPS) is 14.8. The molecule has 0 heterocycles. The van der Waals surface area contributed by atoms with Crippen LogP contribution >= 0.6 is 34.8 Å². The van der Waals surface area contributed by atoms with Gasteiger partial charge >= 0.3 is 19.6 Å². The molecule has 0 amide bonds. The molecule has 10 heteroatoms. The summed E-state index contributed by atoms with van der Waals surface area (Å²) >= 11 is 14.0. The van der Waals surface area contributed by atoms with Crippen molar-refractivity contribution in [2.24, 2.45) is 0 Å². The van der Waals surface area contributed by atoms with Crippen LogP contribution in [0.2, 0.25) is 0 Å². The molecule has 0 radical (unpaired) electrons. The minimum absolute atomic E-state index is 2.95. The fraction of sp³-hybridized carbons (Fsp3) is 1.00. The lowest BCUT2D eigenvalue weighted by atomic mass is 11.6. The lowest BCUT2D eigenvalue weighted by molar-refractivity contribution is -0.0545. The third kappa shape index (κ3) is 3.99. The van der Waals surface area contributed by atoms with E-state index >= 15 is 0 Å². The highest BCUT2D eigenvalue weighted by Crippen LogP contribution is 2.35. The molecule has 74 valence electrons. The quantitative estimate of drug-likeness (QED) is 0.415. The molecule has 0 saturated carbocycles. The van der Waals surface area contributed by atoms with Crippen LogP contribution in [-0.2, 0) is 14.3 Å². The van der Waals surface area contributed by atoms with E-state index in [1.165, 1.54) is 0 Å². The molecule has 0 aliphatic rings. The summed E-state index contributed by atoms with van der Waals surface area (Å²) in [6.45, 7) is 0. The number of hydrogen-bond donors (Lipinski definition) is 0. The Bertz CT molecular complexity index is 251. The fourth-order valence-corrected chi connectivity index (χ4v) is 1.26. The van der Waals surface area contributed by atoms with Crippen molar-refractivity contribution in [2.45, 2.75) is 9.49 Å². The molecule has 0 aromatic heterocycles. The van der Waals surface area contributed by atoms with E-state index in [4.69, 9.17) is 0 Å². The lowest BCUT2D eigenvalue weighted by Crippen LogP contribution is -2.29. The Kier molecular flexibility index (Phi) is 3.54. The summed E-state index contributed by atoms with van der Waals surface area (Å²) in [7, 11) is -5.85. The molecule has 0 aliphatic carbocycles. The van der Waals surface area contributed by atoms with Gasteiger partial charge in [0.15, 0.2) is 0 Å². The molecule has 3 nitrogen and oxygen atoms in total. The van der Waals surface area contributed by atoms with Gasteiger partial charge in [-0.1, -0.05) is 34.8 Å². The maximum Gasteiger partial charge on any atom is 0.523 e. The average molecular weight is 267 g/mol. The zero-order valence-electron chi connectivity index (χ0n) is 4.90. The molecule has 0 aromatic carbocycles. The van der Waals surface area contributed by atoms with Gasteiger partial charge in [0.05, 0.1) is 0 Å². The highest BCUT2D eigenvalue weighted by Gasteiger charge is 2.51. The second kappa shape index (κ2) is 3.38. The average Bonchev–Trinajstić information content (AvgIpc) is 1.52. The standard InChI is InChI=1S/C2Cl3F3O3S/c3-1(4,5)11-12(9,10)2(6,7)8. The number of hydrogen-bond acceptors (Lipinski definition) is 3. The van der Waals surface area contributed by atoms with Gasteiger partial charge in [0, 0.05) is 0 Å². The molecule has 0 N–H and O–H groups in total. The second-order valence-electron chi connectivity index (χ2n) is 1.43. The minimum atomic E-state index is -5.85. The molecular formula is C2Cl3F3O3S. The van der Waals surface area contributed by atoms with Crippen LogP contribution in [0.1, 0.15) is 0 Å². The first-order valence-corrected chi connectivity index (χ1v) is 4.58. The van der Waals surface area contributed by atoms with Gasteiger partial charge in [0.2, 0.25) is 0 Å². The maximum atomic E-state index is 11.5. The molecule has 0 aromatic rings. The van der Waals surface area contributed by atoms with Crippen LogP contribution in [0.4, 0.5) is 13.2 Å². The molecule has 0 atom stereocenters. The molecule has 12 heavy (non-hydrogen) atoms. The van der Waals surface area contributed by atoms with Crippen LogP contribution in [-0.4, -0.2) is 17.9 Å². The molecule has 0 bridgehead atoms. The SMILES string of the molecule is O=S(=O)(OC(Cl)(Cl)Cl)C(F)(F)F. The van der Waals surface area contributed by atoms with Gasteiger partial charge in [-0.05, 0) is 0 Å². The van der Waals surface area contributed by atoms with Crippen molar-refractivity contribution in [1.29, 1.82) is 0 Å². The monoisotopic (exact) mass is 266 g/mol. The highest BCUT2D eigenvalue weighted by atomic mass is 35.6. The van der Waals surface area contributed by atoms with Gasteiger partial charge in [0.25, 0.3) is 0 Å². The van der Waals surface area contributed by atoms with E-state index in [-0.39, 0.29) is 0 Å². The topological polar surface area (TPSA) is 43.4 Å². The van der Waals surface area contributed by atoms with Crippen molar-refractivity contribution < 1.29 is 25.8 Å². The van der Waals surface area contributed by atoms with Crippen molar-refractivity contribution in [3.63, 3.8) is 0 Å². The van der Waals surface area contributed by atoms with E-state index < -0.39 is 19.6 Å². The van der Waals surface area contributed by atoms with E-state index in [1.54, 1.807) is 0 Å². The summed E-state index contributed by atoms with van der Waals surface area (Å²) in [4.78, 5) is 0. The van der Waals surface area contributed by atoms with Crippen molar-refractivity contribution in [2.75, 3.05) is 0 Å². The molecule has 0 spiro atoms. The predicted molar refractivity (Wildman–Crippen MR) is 36.3 cm³/mol. The summed E-state index contributed by atoms with van der Waals surface area (Å²) in [6, 6.07) is 0.